The highest BCUT2D eigenvalue weighted by atomic mass is 16.1. The maximum absolute atomic E-state index is 12.7. The van der Waals surface area contributed by atoms with Gasteiger partial charge in [-0.25, -0.2) is 0 Å². The van der Waals surface area contributed by atoms with Crippen molar-refractivity contribution in [2.45, 2.75) is 12.3 Å². The summed E-state index contributed by atoms with van der Waals surface area (Å²) in [6, 6.07) is 16.1. The van der Waals surface area contributed by atoms with Crippen molar-refractivity contribution < 1.29 is 4.79 Å². The number of hydrogen-bond donors (Lipinski definition) is 1. The summed E-state index contributed by atoms with van der Waals surface area (Å²) in [7, 11) is 2.15. The maximum Gasteiger partial charge on any atom is 0.255 e. The second-order valence-electron chi connectivity index (χ2n) is 8.47. The maximum atomic E-state index is 12.7. The summed E-state index contributed by atoms with van der Waals surface area (Å²) in [5.74, 6) is 0.968. The van der Waals surface area contributed by atoms with Gasteiger partial charge >= 0.3 is 0 Å². The first-order chi connectivity index (χ1) is 15.1. The molecule has 0 radical (unpaired) electrons. The van der Waals surface area contributed by atoms with Gasteiger partial charge in [-0.2, -0.15) is 0 Å². The summed E-state index contributed by atoms with van der Waals surface area (Å²) in [5, 5.41) is 3.01. The van der Waals surface area contributed by atoms with E-state index in [4.69, 9.17) is 0 Å². The zero-order chi connectivity index (χ0) is 21.8. The number of allylic oxidation sites excluding steroid dienone is 4. The summed E-state index contributed by atoms with van der Waals surface area (Å²) >= 11 is 0. The summed E-state index contributed by atoms with van der Waals surface area (Å²) in [6.45, 7) is 11.9. The number of carbonyl (C=O) groups is 1. The Bertz CT molecular complexity index is 967. The minimum atomic E-state index is -0.0789. The molecule has 1 N–H and O–H groups in total. The predicted octanol–water partition coefficient (Wildman–Crippen LogP) is 5.09. The molecule has 1 saturated heterocycles. The molecule has 1 saturated carbocycles. The van der Waals surface area contributed by atoms with Crippen LogP contribution in [0.2, 0.25) is 0 Å². The molecule has 2 aliphatic rings. The van der Waals surface area contributed by atoms with Crippen LogP contribution in [0.25, 0.3) is 0 Å². The molecule has 2 atom stereocenters. The molecule has 4 rings (SSSR count). The van der Waals surface area contributed by atoms with Crippen LogP contribution >= 0.6 is 0 Å². The van der Waals surface area contributed by atoms with E-state index in [-0.39, 0.29) is 5.91 Å². The number of anilines is 2. The first-order valence-corrected chi connectivity index (χ1v) is 11.0. The lowest BCUT2D eigenvalue weighted by molar-refractivity contribution is 0.102. The Labute approximate surface area is 185 Å². The lowest BCUT2D eigenvalue weighted by Gasteiger charge is -2.34. The Hall–Kier alpha value is -3.11. The molecule has 0 aromatic heterocycles. The largest absolute Gasteiger partial charge is 0.369 e. The van der Waals surface area contributed by atoms with Gasteiger partial charge < -0.3 is 15.1 Å². The molecule has 1 aliphatic heterocycles. The van der Waals surface area contributed by atoms with Crippen LogP contribution in [-0.4, -0.2) is 44.0 Å². The van der Waals surface area contributed by atoms with E-state index < -0.39 is 0 Å². The summed E-state index contributed by atoms with van der Waals surface area (Å²) < 4.78 is 0. The van der Waals surface area contributed by atoms with Gasteiger partial charge in [0.1, 0.15) is 0 Å². The van der Waals surface area contributed by atoms with Crippen molar-refractivity contribution in [2.24, 2.45) is 5.92 Å². The van der Waals surface area contributed by atoms with Crippen molar-refractivity contribution in [3.63, 3.8) is 0 Å². The highest BCUT2D eigenvalue weighted by Gasteiger charge is 2.39. The highest BCUT2D eigenvalue weighted by Crippen LogP contribution is 2.52. The third-order valence-corrected chi connectivity index (χ3v) is 6.36. The molecule has 4 heteroatoms. The molecular weight excluding hydrogens is 382 g/mol. The van der Waals surface area contributed by atoms with Crippen molar-refractivity contribution >= 4 is 17.3 Å². The fourth-order valence-corrected chi connectivity index (χ4v) is 4.32. The van der Waals surface area contributed by atoms with Crippen LogP contribution in [0.15, 0.2) is 85.5 Å². The Balaban J connectivity index is 1.34. The monoisotopic (exact) mass is 413 g/mol. The van der Waals surface area contributed by atoms with Gasteiger partial charge in [0.2, 0.25) is 0 Å². The number of benzene rings is 2. The third-order valence-electron chi connectivity index (χ3n) is 6.36. The Morgan fingerprint density at radius 1 is 1.00 bits per heavy atom. The van der Waals surface area contributed by atoms with Crippen LogP contribution < -0.4 is 10.2 Å². The SMILES string of the molecule is C=C/C=C(\C=C)[C@H]1C[C@H]1c1ccc(NC(=O)c2ccc(N3CCN(C)CC3)cc2)cc1. The van der Waals surface area contributed by atoms with E-state index in [0.717, 1.165) is 38.3 Å². The molecule has 1 aliphatic carbocycles. The first kappa shape index (κ1) is 21.1. The average molecular weight is 414 g/mol. The number of likely N-dealkylation sites (N-methyl/N-ethyl adjacent to an activating group) is 1. The third kappa shape index (κ3) is 4.97. The van der Waals surface area contributed by atoms with Gasteiger partial charge in [-0.1, -0.05) is 43.5 Å². The van der Waals surface area contributed by atoms with E-state index in [1.165, 1.54) is 16.8 Å². The number of carbonyl (C=O) groups excluding carboxylic acids is 1. The number of piperazine rings is 1. The summed E-state index contributed by atoms with van der Waals surface area (Å²) in [6.07, 6.45) is 6.93. The quantitative estimate of drug-likeness (QED) is 0.642. The van der Waals surface area contributed by atoms with E-state index in [0.29, 0.717) is 17.4 Å². The number of amides is 1. The molecular formula is C27H31N3O. The van der Waals surface area contributed by atoms with Gasteiger partial charge in [-0.05, 0) is 72.8 Å². The highest BCUT2D eigenvalue weighted by molar-refractivity contribution is 6.04. The molecule has 0 spiro atoms. The molecule has 31 heavy (non-hydrogen) atoms. The van der Waals surface area contributed by atoms with Crippen LogP contribution in [0.1, 0.15) is 28.3 Å². The van der Waals surface area contributed by atoms with Gasteiger partial charge in [0.25, 0.3) is 5.91 Å². The normalized spacial score (nSPS) is 21.5. The topological polar surface area (TPSA) is 35.6 Å². The Morgan fingerprint density at radius 3 is 2.29 bits per heavy atom. The second kappa shape index (κ2) is 9.36. The number of nitrogens with one attached hydrogen (secondary N) is 1. The number of nitrogens with zero attached hydrogens (tertiary/aromatic N) is 2. The molecule has 1 heterocycles. The van der Waals surface area contributed by atoms with Crippen LogP contribution in [0, 0.1) is 5.92 Å². The van der Waals surface area contributed by atoms with Crippen LogP contribution in [-0.2, 0) is 0 Å². The smallest absolute Gasteiger partial charge is 0.255 e. The van der Waals surface area contributed by atoms with Crippen LogP contribution in [0.5, 0.6) is 0 Å². The fourth-order valence-electron chi connectivity index (χ4n) is 4.32. The molecule has 2 fully saturated rings. The van der Waals surface area contributed by atoms with Crippen LogP contribution in [0.3, 0.4) is 0 Å². The minimum absolute atomic E-state index is 0.0789. The molecule has 160 valence electrons. The first-order valence-electron chi connectivity index (χ1n) is 11.0. The van der Waals surface area contributed by atoms with Crippen molar-refractivity contribution in [2.75, 3.05) is 43.4 Å². The van der Waals surface area contributed by atoms with E-state index >= 15 is 0 Å². The van der Waals surface area contributed by atoms with Crippen molar-refractivity contribution in [1.82, 2.24) is 4.90 Å². The summed E-state index contributed by atoms with van der Waals surface area (Å²) in [4.78, 5) is 17.4. The number of hydrogen-bond acceptors (Lipinski definition) is 3. The van der Waals surface area contributed by atoms with Crippen LogP contribution in [0.4, 0.5) is 11.4 Å². The molecule has 2 aromatic rings. The second-order valence-corrected chi connectivity index (χ2v) is 8.47. The van der Waals surface area contributed by atoms with E-state index in [9.17, 15) is 4.79 Å². The lowest BCUT2D eigenvalue weighted by atomic mass is 10.0. The van der Waals surface area contributed by atoms with Gasteiger partial charge in [0, 0.05) is 43.1 Å². The van der Waals surface area contributed by atoms with Gasteiger partial charge in [-0.15, -0.1) is 0 Å². The average Bonchev–Trinajstić information content (AvgIpc) is 3.59. The molecule has 0 bridgehead atoms. The molecule has 0 unspecified atom stereocenters. The fraction of sp³-hybridized carbons (Fsp3) is 0.296. The van der Waals surface area contributed by atoms with Crippen molar-refractivity contribution in [3.8, 4) is 0 Å². The molecule has 4 nitrogen and oxygen atoms in total. The van der Waals surface area contributed by atoms with E-state index in [1.807, 2.05) is 54.6 Å². The Morgan fingerprint density at radius 2 is 1.68 bits per heavy atom. The molecule has 2 aromatic carbocycles. The minimum Gasteiger partial charge on any atom is -0.369 e. The van der Waals surface area contributed by atoms with Gasteiger partial charge in [-0.3, -0.25) is 4.79 Å². The standard InChI is InChI=1S/C27H31N3O/c1-4-6-20(5-2)25-19-26(25)21-7-11-23(12-8-21)28-27(31)22-9-13-24(14-10-22)30-17-15-29(3)16-18-30/h4-14,25-26H,1-2,15-19H2,3H3,(H,28,31)/b20-6+/t25-,26+/m1/s1. The van der Waals surface area contributed by atoms with E-state index in [1.54, 1.807) is 0 Å². The Kier molecular flexibility index (Phi) is 6.38. The zero-order valence-electron chi connectivity index (χ0n) is 18.3. The van der Waals surface area contributed by atoms with Gasteiger partial charge in [0.05, 0.1) is 0 Å². The molecule has 1 amide bonds. The summed E-state index contributed by atoms with van der Waals surface area (Å²) in [5.41, 5.74) is 5.22. The van der Waals surface area contributed by atoms with E-state index in [2.05, 4.69) is 47.5 Å². The zero-order valence-corrected chi connectivity index (χ0v) is 18.3. The van der Waals surface area contributed by atoms with Crippen molar-refractivity contribution in [1.29, 1.82) is 0 Å². The van der Waals surface area contributed by atoms with Gasteiger partial charge in [0.15, 0.2) is 0 Å². The lowest BCUT2D eigenvalue weighted by Crippen LogP contribution is -2.44. The number of rotatable bonds is 7. The predicted molar refractivity (Wildman–Crippen MR) is 130 cm³/mol. The van der Waals surface area contributed by atoms with Crippen molar-refractivity contribution in [3.05, 3.63) is 96.6 Å².